The number of rotatable bonds is 5. The summed E-state index contributed by atoms with van der Waals surface area (Å²) in [5.41, 5.74) is 5.26. The number of unbranched alkanes of at least 4 members (excludes halogenated alkanes) is 1. The lowest BCUT2D eigenvalue weighted by atomic mass is 10.0. The summed E-state index contributed by atoms with van der Waals surface area (Å²) < 4.78 is 0. The SMILES string of the molecule is Cc1cccc(C#CCCCc2ccc(CC(C)C)cc2)c1. The van der Waals surface area contributed by atoms with Crippen LogP contribution in [0.5, 0.6) is 0 Å². The predicted octanol–water partition coefficient (Wildman–Crippen LogP) is 5.57. The van der Waals surface area contributed by atoms with Gasteiger partial charge in [-0.25, -0.2) is 0 Å². The van der Waals surface area contributed by atoms with Crippen molar-refractivity contribution in [1.29, 1.82) is 0 Å². The second-order valence-electron chi connectivity index (χ2n) is 6.44. The van der Waals surface area contributed by atoms with E-state index in [1.54, 1.807) is 0 Å². The van der Waals surface area contributed by atoms with Crippen LogP contribution in [0.1, 0.15) is 48.9 Å². The molecule has 0 aliphatic rings. The number of benzene rings is 2. The maximum atomic E-state index is 3.29. The van der Waals surface area contributed by atoms with Crippen molar-refractivity contribution < 1.29 is 0 Å². The summed E-state index contributed by atoms with van der Waals surface area (Å²) in [7, 11) is 0. The molecule has 0 radical (unpaired) electrons. The van der Waals surface area contributed by atoms with Crippen LogP contribution in [0.2, 0.25) is 0 Å². The largest absolute Gasteiger partial charge is 0.0979 e. The summed E-state index contributed by atoms with van der Waals surface area (Å²) in [6, 6.07) is 17.5. The van der Waals surface area contributed by atoms with Crippen molar-refractivity contribution in [2.75, 3.05) is 0 Å². The minimum Gasteiger partial charge on any atom is -0.0979 e. The molecule has 22 heavy (non-hydrogen) atoms. The summed E-state index contributed by atoms with van der Waals surface area (Å²) in [5, 5.41) is 0. The van der Waals surface area contributed by atoms with Gasteiger partial charge in [-0.05, 0) is 60.9 Å². The molecular formula is C22H26. The van der Waals surface area contributed by atoms with E-state index in [1.165, 1.54) is 23.1 Å². The van der Waals surface area contributed by atoms with E-state index in [9.17, 15) is 0 Å². The Morgan fingerprint density at radius 2 is 1.68 bits per heavy atom. The summed E-state index contributed by atoms with van der Waals surface area (Å²) in [6.45, 7) is 6.63. The minimum atomic E-state index is 0.725. The normalized spacial score (nSPS) is 10.4. The Morgan fingerprint density at radius 1 is 0.955 bits per heavy atom. The average Bonchev–Trinajstić information content (AvgIpc) is 2.48. The maximum Gasteiger partial charge on any atom is 0.0247 e. The van der Waals surface area contributed by atoms with Crippen LogP contribution in [0, 0.1) is 24.7 Å². The van der Waals surface area contributed by atoms with Crippen LogP contribution >= 0.6 is 0 Å². The van der Waals surface area contributed by atoms with Gasteiger partial charge < -0.3 is 0 Å². The molecule has 0 fully saturated rings. The smallest absolute Gasteiger partial charge is 0.0247 e. The maximum absolute atomic E-state index is 3.29. The van der Waals surface area contributed by atoms with Crippen LogP contribution in [0.25, 0.3) is 0 Å². The molecule has 2 aromatic carbocycles. The van der Waals surface area contributed by atoms with Gasteiger partial charge >= 0.3 is 0 Å². The molecule has 0 spiro atoms. The van der Waals surface area contributed by atoms with Crippen LogP contribution in [-0.4, -0.2) is 0 Å². The fourth-order valence-electron chi connectivity index (χ4n) is 2.58. The van der Waals surface area contributed by atoms with Crippen LogP contribution < -0.4 is 0 Å². The zero-order chi connectivity index (χ0) is 15.8. The lowest BCUT2D eigenvalue weighted by molar-refractivity contribution is 0.647. The van der Waals surface area contributed by atoms with Gasteiger partial charge in [-0.3, -0.25) is 0 Å². The standard InChI is InChI=1S/C22H26/c1-18(2)16-22-14-12-20(13-15-22)9-5-4-6-10-21-11-7-8-19(3)17-21/h7-8,11-15,17-18H,4-5,9,16H2,1-3H3. The summed E-state index contributed by atoms with van der Waals surface area (Å²) in [6.07, 6.45) is 4.37. The molecule has 0 saturated carbocycles. The van der Waals surface area contributed by atoms with Crippen LogP contribution in [0.4, 0.5) is 0 Å². The monoisotopic (exact) mass is 290 g/mol. The molecule has 0 amide bonds. The highest BCUT2D eigenvalue weighted by molar-refractivity contribution is 5.36. The van der Waals surface area contributed by atoms with E-state index in [0.29, 0.717) is 0 Å². The Balaban J connectivity index is 1.77. The van der Waals surface area contributed by atoms with Gasteiger partial charge in [0.2, 0.25) is 0 Å². The fraction of sp³-hybridized carbons (Fsp3) is 0.364. The first-order valence-electron chi connectivity index (χ1n) is 8.27. The Kier molecular flexibility index (Phi) is 6.28. The molecule has 0 heteroatoms. The van der Waals surface area contributed by atoms with E-state index in [1.807, 2.05) is 0 Å². The van der Waals surface area contributed by atoms with Gasteiger partial charge in [0.1, 0.15) is 0 Å². The van der Waals surface area contributed by atoms with Crippen molar-refractivity contribution in [1.82, 2.24) is 0 Å². The molecule has 2 aromatic rings. The average molecular weight is 290 g/mol. The molecule has 0 heterocycles. The van der Waals surface area contributed by atoms with Gasteiger partial charge in [0.05, 0.1) is 0 Å². The summed E-state index contributed by atoms with van der Waals surface area (Å²) in [4.78, 5) is 0. The molecule has 0 atom stereocenters. The van der Waals surface area contributed by atoms with Crippen molar-refractivity contribution in [3.63, 3.8) is 0 Å². The molecule has 114 valence electrons. The lowest BCUT2D eigenvalue weighted by Crippen LogP contribution is -1.94. The van der Waals surface area contributed by atoms with Gasteiger partial charge in [0.25, 0.3) is 0 Å². The molecule has 0 unspecified atom stereocenters. The van der Waals surface area contributed by atoms with Crippen molar-refractivity contribution in [3.8, 4) is 11.8 Å². The summed E-state index contributed by atoms with van der Waals surface area (Å²) in [5.74, 6) is 7.26. The zero-order valence-corrected chi connectivity index (χ0v) is 14.0. The van der Waals surface area contributed by atoms with Crippen LogP contribution in [0.3, 0.4) is 0 Å². The molecule has 0 nitrogen and oxygen atoms in total. The van der Waals surface area contributed by atoms with Gasteiger partial charge in [-0.15, -0.1) is 0 Å². The van der Waals surface area contributed by atoms with E-state index < -0.39 is 0 Å². The second-order valence-corrected chi connectivity index (χ2v) is 6.44. The van der Waals surface area contributed by atoms with E-state index in [0.717, 1.165) is 30.7 Å². The van der Waals surface area contributed by atoms with Gasteiger partial charge in [0.15, 0.2) is 0 Å². The van der Waals surface area contributed by atoms with Crippen molar-refractivity contribution in [3.05, 3.63) is 70.8 Å². The van der Waals surface area contributed by atoms with Crippen LogP contribution in [-0.2, 0) is 12.8 Å². The fourth-order valence-corrected chi connectivity index (χ4v) is 2.58. The minimum absolute atomic E-state index is 0.725. The van der Waals surface area contributed by atoms with Crippen molar-refractivity contribution in [2.45, 2.75) is 46.5 Å². The Morgan fingerprint density at radius 3 is 2.36 bits per heavy atom. The molecule has 2 rings (SSSR count). The van der Waals surface area contributed by atoms with E-state index in [2.05, 4.69) is 81.1 Å². The molecule has 0 N–H and O–H groups in total. The molecule has 0 bridgehead atoms. The van der Waals surface area contributed by atoms with E-state index in [-0.39, 0.29) is 0 Å². The number of hydrogen-bond donors (Lipinski definition) is 0. The van der Waals surface area contributed by atoms with E-state index in [4.69, 9.17) is 0 Å². The van der Waals surface area contributed by atoms with Crippen LogP contribution in [0.15, 0.2) is 48.5 Å². The molecule has 0 aromatic heterocycles. The Labute approximate surface area is 135 Å². The predicted molar refractivity (Wildman–Crippen MR) is 96.0 cm³/mol. The highest BCUT2D eigenvalue weighted by Crippen LogP contribution is 2.11. The quantitative estimate of drug-likeness (QED) is 0.499. The molecular weight excluding hydrogens is 264 g/mol. The van der Waals surface area contributed by atoms with Gasteiger partial charge in [-0.1, -0.05) is 62.1 Å². The van der Waals surface area contributed by atoms with Crippen molar-refractivity contribution >= 4 is 0 Å². The third-order valence-corrected chi connectivity index (χ3v) is 3.68. The third kappa shape index (κ3) is 5.78. The highest BCUT2D eigenvalue weighted by Gasteiger charge is 1.98. The second kappa shape index (κ2) is 8.44. The van der Waals surface area contributed by atoms with Gasteiger partial charge in [0, 0.05) is 12.0 Å². The van der Waals surface area contributed by atoms with Gasteiger partial charge in [-0.2, -0.15) is 0 Å². The first kappa shape index (κ1) is 16.4. The molecule has 0 aliphatic carbocycles. The summed E-state index contributed by atoms with van der Waals surface area (Å²) >= 11 is 0. The Bertz CT molecular complexity index is 636. The Hall–Kier alpha value is -2.00. The topological polar surface area (TPSA) is 0 Å². The van der Waals surface area contributed by atoms with E-state index >= 15 is 0 Å². The molecule has 0 saturated heterocycles. The first-order chi connectivity index (χ1) is 10.6. The molecule has 0 aliphatic heterocycles. The first-order valence-corrected chi connectivity index (χ1v) is 8.27. The number of aryl methyl sites for hydroxylation is 2. The lowest BCUT2D eigenvalue weighted by Gasteiger charge is -2.06. The third-order valence-electron chi connectivity index (χ3n) is 3.68. The highest BCUT2D eigenvalue weighted by atomic mass is 14.0. The van der Waals surface area contributed by atoms with Crippen molar-refractivity contribution in [2.24, 2.45) is 5.92 Å². The number of hydrogen-bond acceptors (Lipinski definition) is 0. The zero-order valence-electron chi connectivity index (χ0n) is 14.0.